The van der Waals surface area contributed by atoms with Gasteiger partial charge in [-0.1, -0.05) is 24.6 Å². The fourth-order valence-electron chi connectivity index (χ4n) is 4.54. The van der Waals surface area contributed by atoms with E-state index >= 15 is 8.78 Å². The van der Waals surface area contributed by atoms with Crippen molar-refractivity contribution in [1.29, 1.82) is 0 Å². The summed E-state index contributed by atoms with van der Waals surface area (Å²) in [7, 11) is -4.02. The van der Waals surface area contributed by atoms with Gasteiger partial charge in [-0.3, -0.25) is 9.35 Å². The van der Waals surface area contributed by atoms with Crippen molar-refractivity contribution >= 4 is 38.4 Å². The maximum Gasteiger partial charge on any atom is 0.341 e. The topological polar surface area (TPSA) is 178 Å². The number of pyridine rings is 1. The Bertz CT molecular complexity index is 1600. The maximum atomic E-state index is 15.6. The molecule has 2 saturated heterocycles. The molecule has 6 N–H and O–H groups in total. The molecule has 39 heavy (non-hydrogen) atoms. The van der Waals surface area contributed by atoms with Gasteiger partial charge in [0.05, 0.1) is 40.7 Å². The highest BCUT2D eigenvalue weighted by atomic mass is 32.2. The summed E-state index contributed by atoms with van der Waals surface area (Å²) in [6.45, 7) is 4.73. The predicted molar refractivity (Wildman–Crippen MR) is 140 cm³/mol. The van der Waals surface area contributed by atoms with Crippen LogP contribution in [-0.4, -0.2) is 61.0 Å². The van der Waals surface area contributed by atoms with E-state index in [0.29, 0.717) is 6.54 Å². The van der Waals surface area contributed by atoms with Crippen LogP contribution in [0.5, 0.6) is 0 Å². The summed E-state index contributed by atoms with van der Waals surface area (Å²) in [6, 6.07) is 5.35. The zero-order chi connectivity index (χ0) is 28.8. The summed E-state index contributed by atoms with van der Waals surface area (Å²) >= 11 is 0. The molecule has 0 unspecified atom stereocenters. The number of nitrogens with two attached hydrogens (primary N) is 2. The second-order valence-electron chi connectivity index (χ2n) is 9.72. The first-order valence-electron chi connectivity index (χ1n) is 11.9. The number of ether oxygens (including phenoxy) is 1. The first-order chi connectivity index (χ1) is 18.2. The van der Waals surface area contributed by atoms with Gasteiger partial charge in [0.25, 0.3) is 10.1 Å². The molecule has 11 nitrogen and oxygen atoms in total. The van der Waals surface area contributed by atoms with E-state index in [-0.39, 0.29) is 53.9 Å². The van der Waals surface area contributed by atoms with Gasteiger partial charge in [-0.2, -0.15) is 8.42 Å². The molecule has 0 radical (unpaired) electrons. The first-order valence-corrected chi connectivity index (χ1v) is 13.4. The van der Waals surface area contributed by atoms with Crippen molar-refractivity contribution in [3.05, 3.63) is 63.4 Å². The van der Waals surface area contributed by atoms with E-state index < -0.39 is 49.8 Å². The van der Waals surface area contributed by atoms with E-state index in [1.807, 2.05) is 13.8 Å². The van der Waals surface area contributed by atoms with Crippen LogP contribution in [0.2, 0.25) is 0 Å². The zero-order valence-electron chi connectivity index (χ0n) is 21.1. The van der Waals surface area contributed by atoms with Crippen LogP contribution in [0.4, 0.5) is 20.2 Å². The first kappa shape index (κ1) is 28.4. The van der Waals surface area contributed by atoms with Crippen molar-refractivity contribution in [1.82, 2.24) is 4.57 Å². The van der Waals surface area contributed by atoms with E-state index in [4.69, 9.17) is 20.8 Å². The molecule has 1 aromatic heterocycles. The Kier molecular flexibility index (Phi) is 7.67. The fourth-order valence-corrected chi connectivity index (χ4v) is 5.02. The number of carboxylic acid groups (broad SMARTS) is 1. The summed E-state index contributed by atoms with van der Waals surface area (Å²) in [5.41, 5.74) is 10.1. The number of rotatable bonds is 4. The summed E-state index contributed by atoms with van der Waals surface area (Å²) < 4.78 is 66.6. The number of carboxylic acids is 1. The smallest absolute Gasteiger partial charge is 0.341 e. The molecule has 0 saturated carbocycles. The quantitative estimate of drug-likeness (QED) is 0.270. The number of fused-ring (bicyclic) bond motifs is 1. The Hall–Kier alpha value is -3.59. The van der Waals surface area contributed by atoms with Crippen molar-refractivity contribution in [3.63, 3.8) is 0 Å². The average molecular weight is 567 g/mol. The van der Waals surface area contributed by atoms with Crippen LogP contribution in [0.1, 0.15) is 28.9 Å². The Morgan fingerprint density at radius 1 is 1.13 bits per heavy atom. The molecule has 3 heterocycles. The highest BCUT2D eigenvalue weighted by molar-refractivity contribution is 7.85. The summed E-state index contributed by atoms with van der Waals surface area (Å²) in [4.78, 5) is 25.5. The molecule has 210 valence electrons. The third-order valence-electron chi connectivity index (χ3n) is 6.91. The number of benzene rings is 2. The number of carbonyl (C=O) groups is 1. The molecule has 2 fully saturated rings. The van der Waals surface area contributed by atoms with Gasteiger partial charge < -0.3 is 30.8 Å². The number of aromatic carboxylic acids is 1. The Morgan fingerprint density at radius 2 is 1.74 bits per heavy atom. The molecule has 2 atom stereocenters. The summed E-state index contributed by atoms with van der Waals surface area (Å²) in [6.07, 6.45) is 1.07. The number of hydrogen-bond donors (Lipinski definition) is 4. The molecule has 0 bridgehead atoms. The maximum absolute atomic E-state index is 15.6. The number of nitrogen functional groups attached to an aromatic ring is 1. The van der Waals surface area contributed by atoms with Crippen LogP contribution in [0.3, 0.4) is 0 Å². The van der Waals surface area contributed by atoms with E-state index in [2.05, 4.69) is 0 Å². The molecule has 0 spiro atoms. The minimum Gasteiger partial charge on any atom is -0.477 e. The Labute approximate surface area is 222 Å². The van der Waals surface area contributed by atoms with E-state index in [1.54, 1.807) is 12.1 Å². The normalized spacial score (nSPS) is 19.5. The molecule has 2 aromatic carbocycles. The summed E-state index contributed by atoms with van der Waals surface area (Å²) in [5, 5.41) is 8.87. The minimum atomic E-state index is -4.02. The van der Waals surface area contributed by atoms with Crippen molar-refractivity contribution in [2.75, 3.05) is 36.9 Å². The molecular weight excluding hydrogens is 538 g/mol. The van der Waals surface area contributed by atoms with Crippen LogP contribution in [0.15, 0.2) is 40.2 Å². The number of aromatic nitrogens is 1. The average Bonchev–Trinajstić information content (AvgIpc) is 3.14. The number of halogens is 2. The van der Waals surface area contributed by atoms with Crippen molar-refractivity contribution in [3.8, 4) is 0 Å². The van der Waals surface area contributed by atoms with Gasteiger partial charge in [0.2, 0.25) is 5.43 Å². The number of anilines is 2. The van der Waals surface area contributed by atoms with Crippen LogP contribution in [0, 0.1) is 24.5 Å². The molecule has 3 aromatic rings. The van der Waals surface area contributed by atoms with Gasteiger partial charge >= 0.3 is 5.97 Å². The monoisotopic (exact) mass is 566 g/mol. The molecular formula is C25H28F2N4O7S. The minimum absolute atomic E-state index is 0.0207. The molecule has 2 aliphatic rings. The number of aryl methyl sites for hydroxylation is 1. The summed E-state index contributed by atoms with van der Waals surface area (Å²) in [5.74, 6) is -3.51. The van der Waals surface area contributed by atoms with Crippen LogP contribution >= 0.6 is 0 Å². The van der Waals surface area contributed by atoms with Gasteiger partial charge in [-0.15, -0.1) is 0 Å². The standard InChI is InChI=1S/C18H20F2N4O4.C7H8O3S/c1-7-2-23(4-10(7)21)16-12(19)14(22)11-15(13(16)20)24(8-5-28-6-8)3-9(17(11)25)18(26)27;1-6-2-4-7(5-3-6)11(8,9)10/h3,7-8,10H,2,4-6,21-22H2,1H3,(H,26,27);2-5H,1H3,(H,8,9,10)/t7-,10+;/m0./s1. The van der Waals surface area contributed by atoms with Gasteiger partial charge in [-0.05, 0) is 25.0 Å². The Morgan fingerprint density at radius 3 is 2.21 bits per heavy atom. The van der Waals surface area contributed by atoms with Gasteiger partial charge in [-0.25, -0.2) is 13.6 Å². The molecule has 14 heteroatoms. The third kappa shape index (κ3) is 5.32. The van der Waals surface area contributed by atoms with Gasteiger partial charge in [0.15, 0.2) is 11.6 Å². The van der Waals surface area contributed by atoms with Crippen LogP contribution in [0.25, 0.3) is 10.9 Å². The van der Waals surface area contributed by atoms with E-state index in [0.717, 1.165) is 11.8 Å². The van der Waals surface area contributed by atoms with Crippen molar-refractivity contribution < 1.29 is 36.4 Å². The van der Waals surface area contributed by atoms with Gasteiger partial charge in [0.1, 0.15) is 11.3 Å². The lowest BCUT2D eigenvalue weighted by Crippen LogP contribution is -2.34. The highest BCUT2D eigenvalue weighted by Gasteiger charge is 2.35. The lowest BCUT2D eigenvalue weighted by molar-refractivity contribution is -0.0219. The SMILES string of the molecule is C[C@H]1CN(c2c(F)c(N)c3c(=O)c(C(=O)O)cn(C4COC4)c3c2F)C[C@H]1N.Cc1ccc(S(=O)(=O)O)cc1. The van der Waals surface area contributed by atoms with E-state index in [1.165, 1.54) is 21.6 Å². The lowest BCUT2D eigenvalue weighted by atomic mass is 10.0. The second-order valence-corrected chi connectivity index (χ2v) is 11.1. The largest absolute Gasteiger partial charge is 0.477 e. The van der Waals surface area contributed by atoms with Crippen LogP contribution in [-0.2, 0) is 14.9 Å². The number of nitrogens with zero attached hydrogens (tertiary/aromatic N) is 2. The fraction of sp³-hybridized carbons (Fsp3) is 0.360. The molecule has 5 rings (SSSR count). The van der Waals surface area contributed by atoms with Crippen LogP contribution < -0.4 is 21.8 Å². The van der Waals surface area contributed by atoms with E-state index in [9.17, 15) is 23.1 Å². The number of hydrogen-bond acceptors (Lipinski definition) is 8. The highest BCUT2D eigenvalue weighted by Crippen LogP contribution is 2.38. The zero-order valence-corrected chi connectivity index (χ0v) is 21.9. The lowest BCUT2D eigenvalue weighted by Gasteiger charge is -2.31. The molecule has 0 aliphatic carbocycles. The molecule has 0 amide bonds. The predicted octanol–water partition coefficient (Wildman–Crippen LogP) is 2.16. The Balaban J connectivity index is 0.000000270. The van der Waals surface area contributed by atoms with Crippen molar-refractivity contribution in [2.24, 2.45) is 11.7 Å². The second kappa shape index (κ2) is 10.5. The molecule has 2 aliphatic heterocycles. The van der Waals surface area contributed by atoms with Crippen molar-refractivity contribution in [2.45, 2.75) is 30.8 Å². The van der Waals surface area contributed by atoms with Gasteiger partial charge in [0, 0.05) is 25.3 Å². The third-order valence-corrected chi connectivity index (χ3v) is 7.78.